The quantitative estimate of drug-likeness (QED) is 0.776. The molecule has 0 spiro atoms. The fraction of sp³-hybridized carbons (Fsp3) is 0.350. The first-order chi connectivity index (χ1) is 12.6. The van der Waals surface area contributed by atoms with Crippen molar-refractivity contribution in [3.8, 4) is 0 Å². The lowest BCUT2D eigenvalue weighted by atomic mass is 10.2. The molecule has 1 saturated heterocycles. The number of piperazine rings is 1. The molecule has 3 rings (SSSR count). The van der Waals surface area contributed by atoms with Gasteiger partial charge < -0.3 is 14.7 Å². The minimum absolute atomic E-state index is 0.0827. The summed E-state index contributed by atoms with van der Waals surface area (Å²) in [6, 6.07) is 12.0. The van der Waals surface area contributed by atoms with Gasteiger partial charge in [-0.2, -0.15) is 0 Å². The molecule has 1 aromatic carbocycles. The number of anilines is 2. The van der Waals surface area contributed by atoms with Gasteiger partial charge in [0.25, 0.3) is 5.91 Å². The Bertz CT molecular complexity index is 768. The largest absolute Gasteiger partial charge is 0.342 e. The minimum atomic E-state index is -0.0827. The van der Waals surface area contributed by atoms with E-state index >= 15 is 0 Å². The maximum atomic E-state index is 12.6. The maximum absolute atomic E-state index is 12.6. The Balaban J connectivity index is 1.73. The number of aryl methyl sites for hydroxylation is 1. The van der Waals surface area contributed by atoms with Crippen molar-refractivity contribution in [3.63, 3.8) is 0 Å². The summed E-state index contributed by atoms with van der Waals surface area (Å²) in [7, 11) is 0. The zero-order valence-corrected chi connectivity index (χ0v) is 15.3. The number of amides is 2. The van der Waals surface area contributed by atoms with E-state index in [0.717, 1.165) is 24.3 Å². The number of benzene rings is 1. The predicted molar refractivity (Wildman–Crippen MR) is 102 cm³/mol. The van der Waals surface area contributed by atoms with E-state index in [9.17, 15) is 9.59 Å². The average molecular weight is 352 g/mol. The van der Waals surface area contributed by atoms with Crippen LogP contribution in [-0.4, -0.2) is 59.8 Å². The van der Waals surface area contributed by atoms with Gasteiger partial charge in [0.1, 0.15) is 5.69 Å². The molecule has 1 fully saturated rings. The van der Waals surface area contributed by atoms with E-state index in [1.165, 1.54) is 5.56 Å². The summed E-state index contributed by atoms with van der Waals surface area (Å²) in [5.41, 5.74) is 3.71. The molecular formula is C20H24N4O2. The van der Waals surface area contributed by atoms with E-state index in [1.807, 2.05) is 12.1 Å². The van der Waals surface area contributed by atoms with E-state index in [-0.39, 0.29) is 5.91 Å². The first kappa shape index (κ1) is 17.9. The molecule has 136 valence electrons. The number of hydrogen-bond donors (Lipinski definition) is 0. The average Bonchev–Trinajstić information content (AvgIpc) is 2.69. The highest BCUT2D eigenvalue weighted by Crippen LogP contribution is 2.25. The molecule has 1 aromatic heterocycles. The van der Waals surface area contributed by atoms with Crippen molar-refractivity contribution in [1.82, 2.24) is 14.8 Å². The molecule has 2 heterocycles. The summed E-state index contributed by atoms with van der Waals surface area (Å²) >= 11 is 0. The molecule has 1 aliphatic rings. The van der Waals surface area contributed by atoms with Crippen molar-refractivity contribution in [2.75, 3.05) is 37.6 Å². The van der Waals surface area contributed by atoms with Crippen LogP contribution in [0.25, 0.3) is 0 Å². The van der Waals surface area contributed by atoms with Crippen LogP contribution in [0.3, 0.4) is 0 Å². The van der Waals surface area contributed by atoms with Gasteiger partial charge in [0.2, 0.25) is 6.41 Å². The van der Waals surface area contributed by atoms with Crippen LogP contribution in [0.2, 0.25) is 0 Å². The van der Waals surface area contributed by atoms with Crippen molar-refractivity contribution in [2.24, 2.45) is 0 Å². The number of hydrogen-bond acceptors (Lipinski definition) is 4. The second-order valence-electron chi connectivity index (χ2n) is 6.42. The van der Waals surface area contributed by atoms with Crippen molar-refractivity contribution >= 4 is 23.7 Å². The van der Waals surface area contributed by atoms with Gasteiger partial charge >= 0.3 is 0 Å². The Morgan fingerprint density at radius 1 is 1.15 bits per heavy atom. The molecule has 0 N–H and O–H groups in total. The van der Waals surface area contributed by atoms with Crippen LogP contribution < -0.4 is 4.90 Å². The van der Waals surface area contributed by atoms with E-state index in [4.69, 9.17) is 0 Å². The first-order valence-corrected chi connectivity index (χ1v) is 8.91. The van der Waals surface area contributed by atoms with E-state index in [2.05, 4.69) is 41.9 Å². The number of rotatable bonds is 5. The molecule has 0 radical (unpaired) electrons. The van der Waals surface area contributed by atoms with Crippen LogP contribution in [0.4, 0.5) is 11.4 Å². The third-order valence-electron chi connectivity index (χ3n) is 4.66. The van der Waals surface area contributed by atoms with Crippen LogP contribution in [0, 0.1) is 6.92 Å². The van der Waals surface area contributed by atoms with E-state index in [0.29, 0.717) is 31.9 Å². The smallest absolute Gasteiger partial charge is 0.272 e. The van der Waals surface area contributed by atoms with Gasteiger partial charge in [-0.25, -0.2) is 4.98 Å². The van der Waals surface area contributed by atoms with Crippen molar-refractivity contribution < 1.29 is 9.59 Å². The minimum Gasteiger partial charge on any atom is -0.342 e. The van der Waals surface area contributed by atoms with Gasteiger partial charge in [0, 0.05) is 38.4 Å². The lowest BCUT2D eigenvalue weighted by molar-refractivity contribution is -0.119. The van der Waals surface area contributed by atoms with Crippen molar-refractivity contribution in [2.45, 2.75) is 13.8 Å². The summed E-state index contributed by atoms with van der Waals surface area (Å²) in [4.78, 5) is 33.4. The molecule has 6 nitrogen and oxygen atoms in total. The highest BCUT2D eigenvalue weighted by atomic mass is 16.2. The van der Waals surface area contributed by atoms with Crippen molar-refractivity contribution in [1.29, 1.82) is 0 Å². The number of carbonyl (C=O) groups excluding carboxylic acids is 2. The summed E-state index contributed by atoms with van der Waals surface area (Å²) in [5, 5.41) is 0. The first-order valence-electron chi connectivity index (χ1n) is 8.91. The fourth-order valence-electron chi connectivity index (χ4n) is 3.17. The third kappa shape index (κ3) is 3.85. The number of aromatic nitrogens is 1. The second kappa shape index (κ2) is 7.99. The van der Waals surface area contributed by atoms with Crippen molar-refractivity contribution in [3.05, 3.63) is 53.9 Å². The topological polar surface area (TPSA) is 56.8 Å². The molecule has 0 saturated carbocycles. The molecule has 0 aliphatic carbocycles. The van der Waals surface area contributed by atoms with Crippen LogP contribution in [0.1, 0.15) is 23.0 Å². The Hall–Kier alpha value is -2.89. The van der Waals surface area contributed by atoms with Gasteiger partial charge in [0.15, 0.2) is 0 Å². The molecule has 2 aromatic rings. The summed E-state index contributed by atoms with van der Waals surface area (Å²) in [6.07, 6.45) is 2.58. The maximum Gasteiger partial charge on any atom is 0.272 e. The van der Waals surface area contributed by atoms with Gasteiger partial charge in [-0.05, 0) is 43.7 Å². The molecule has 2 amide bonds. The van der Waals surface area contributed by atoms with E-state index in [1.54, 1.807) is 22.1 Å². The lowest BCUT2D eigenvalue weighted by Crippen LogP contribution is -2.48. The molecule has 0 atom stereocenters. The number of carbonyl (C=O) groups is 2. The highest BCUT2D eigenvalue weighted by Gasteiger charge is 2.22. The second-order valence-corrected chi connectivity index (χ2v) is 6.42. The van der Waals surface area contributed by atoms with E-state index < -0.39 is 0 Å². The van der Waals surface area contributed by atoms with Crippen LogP contribution in [0.15, 0.2) is 42.6 Å². The summed E-state index contributed by atoms with van der Waals surface area (Å²) in [5.74, 6) is -0.0827. The normalized spacial score (nSPS) is 14.2. The van der Waals surface area contributed by atoms with Crippen LogP contribution >= 0.6 is 0 Å². The fourth-order valence-corrected chi connectivity index (χ4v) is 3.17. The van der Waals surface area contributed by atoms with Gasteiger partial charge in [-0.15, -0.1) is 0 Å². The Morgan fingerprint density at radius 3 is 2.50 bits per heavy atom. The Morgan fingerprint density at radius 2 is 1.92 bits per heavy atom. The predicted octanol–water partition coefficient (Wildman–Crippen LogP) is 2.46. The van der Waals surface area contributed by atoms with Gasteiger partial charge in [0.05, 0.1) is 11.9 Å². The SMILES string of the molecule is CCN(c1ccc(C(=O)N2CCN(C=O)CC2)nc1)c1cccc(C)c1. The zero-order chi connectivity index (χ0) is 18.5. The molecule has 26 heavy (non-hydrogen) atoms. The molecule has 0 unspecified atom stereocenters. The summed E-state index contributed by atoms with van der Waals surface area (Å²) < 4.78 is 0. The molecule has 1 aliphatic heterocycles. The lowest BCUT2D eigenvalue weighted by Gasteiger charge is -2.32. The highest BCUT2D eigenvalue weighted by molar-refractivity contribution is 5.92. The Labute approximate surface area is 154 Å². The summed E-state index contributed by atoms with van der Waals surface area (Å²) in [6.45, 7) is 7.22. The molecular weight excluding hydrogens is 328 g/mol. The molecule has 6 heteroatoms. The van der Waals surface area contributed by atoms with Gasteiger partial charge in [-0.1, -0.05) is 12.1 Å². The van der Waals surface area contributed by atoms with Crippen LogP contribution in [0.5, 0.6) is 0 Å². The zero-order valence-electron chi connectivity index (χ0n) is 15.3. The number of pyridine rings is 1. The number of nitrogens with zero attached hydrogens (tertiary/aromatic N) is 4. The standard InChI is InChI=1S/C20H24N4O2/c1-3-24(17-6-4-5-16(2)13-17)18-7-8-19(21-14-18)20(26)23-11-9-22(15-25)10-12-23/h4-8,13-15H,3,9-12H2,1-2H3. The molecule has 0 bridgehead atoms. The van der Waals surface area contributed by atoms with Crippen LogP contribution in [-0.2, 0) is 4.79 Å². The monoisotopic (exact) mass is 352 g/mol. The third-order valence-corrected chi connectivity index (χ3v) is 4.66. The Kier molecular flexibility index (Phi) is 5.51. The van der Waals surface area contributed by atoms with Gasteiger partial charge in [-0.3, -0.25) is 9.59 Å².